The smallest absolute Gasteiger partial charge is 0.255 e. The highest BCUT2D eigenvalue weighted by molar-refractivity contribution is 7.71. The molecule has 1 atom stereocenters. The van der Waals surface area contributed by atoms with Gasteiger partial charge in [0.05, 0.1) is 0 Å². The topological polar surface area (TPSA) is 48.6 Å². The predicted molar refractivity (Wildman–Crippen MR) is 72.0 cm³/mol. The van der Waals surface area contributed by atoms with E-state index in [1.807, 2.05) is 6.92 Å². The van der Waals surface area contributed by atoms with Crippen LogP contribution in [0, 0.1) is 4.77 Å². The molecular formula is C13H18N2OS. The number of aromatic amines is 2. The molecule has 17 heavy (non-hydrogen) atoms. The summed E-state index contributed by atoms with van der Waals surface area (Å²) in [4.78, 5) is 17.7. The van der Waals surface area contributed by atoms with Crippen molar-refractivity contribution in [3.05, 3.63) is 38.0 Å². The Kier molecular flexibility index (Phi) is 3.62. The minimum atomic E-state index is -0.0301. The molecule has 0 aromatic carbocycles. The third-order valence-corrected chi connectivity index (χ3v) is 3.68. The zero-order valence-electron chi connectivity index (χ0n) is 10.3. The SMILES string of the molecule is CCc1c(C2CC=C(C)CC2)[nH]c(=S)[nH]c1=O. The summed E-state index contributed by atoms with van der Waals surface area (Å²) < 4.78 is 0.438. The van der Waals surface area contributed by atoms with Crippen molar-refractivity contribution in [3.63, 3.8) is 0 Å². The Morgan fingerprint density at radius 3 is 2.82 bits per heavy atom. The zero-order valence-corrected chi connectivity index (χ0v) is 11.1. The van der Waals surface area contributed by atoms with Gasteiger partial charge in [0, 0.05) is 17.2 Å². The van der Waals surface area contributed by atoms with E-state index in [4.69, 9.17) is 12.2 Å². The van der Waals surface area contributed by atoms with Gasteiger partial charge in [-0.25, -0.2) is 0 Å². The van der Waals surface area contributed by atoms with Crippen molar-refractivity contribution in [2.24, 2.45) is 0 Å². The highest BCUT2D eigenvalue weighted by Gasteiger charge is 2.19. The van der Waals surface area contributed by atoms with Gasteiger partial charge in [-0.05, 0) is 44.8 Å². The quantitative estimate of drug-likeness (QED) is 0.625. The van der Waals surface area contributed by atoms with E-state index in [0.717, 1.165) is 36.9 Å². The molecule has 0 saturated carbocycles. The molecule has 2 N–H and O–H groups in total. The van der Waals surface area contributed by atoms with Crippen molar-refractivity contribution in [3.8, 4) is 0 Å². The second-order valence-corrected chi connectivity index (χ2v) is 5.08. The fourth-order valence-corrected chi connectivity index (χ4v) is 2.66. The number of allylic oxidation sites excluding steroid dienone is 2. The van der Waals surface area contributed by atoms with Gasteiger partial charge >= 0.3 is 0 Å². The molecule has 2 rings (SSSR count). The van der Waals surface area contributed by atoms with Crippen molar-refractivity contribution in [1.29, 1.82) is 0 Å². The number of nitrogens with one attached hydrogen (secondary N) is 2. The van der Waals surface area contributed by atoms with Crippen molar-refractivity contribution in [1.82, 2.24) is 9.97 Å². The monoisotopic (exact) mass is 250 g/mol. The lowest BCUT2D eigenvalue weighted by Gasteiger charge is -2.22. The molecule has 0 radical (unpaired) electrons. The Morgan fingerprint density at radius 1 is 1.47 bits per heavy atom. The largest absolute Gasteiger partial charge is 0.335 e. The van der Waals surface area contributed by atoms with Crippen LogP contribution in [-0.2, 0) is 6.42 Å². The molecule has 1 aromatic heterocycles. The first kappa shape index (κ1) is 12.3. The lowest BCUT2D eigenvalue weighted by atomic mass is 9.86. The fourth-order valence-electron chi connectivity index (χ4n) is 2.46. The van der Waals surface area contributed by atoms with Gasteiger partial charge in [0.1, 0.15) is 0 Å². The van der Waals surface area contributed by atoms with Crippen molar-refractivity contribution in [2.45, 2.75) is 45.4 Å². The molecule has 4 heteroatoms. The summed E-state index contributed by atoms with van der Waals surface area (Å²) in [5, 5.41) is 0. The lowest BCUT2D eigenvalue weighted by Crippen LogP contribution is -2.20. The van der Waals surface area contributed by atoms with Gasteiger partial charge in [0.15, 0.2) is 4.77 Å². The third-order valence-electron chi connectivity index (χ3n) is 3.47. The molecule has 0 fully saturated rings. The van der Waals surface area contributed by atoms with Gasteiger partial charge in [0.2, 0.25) is 0 Å². The average molecular weight is 250 g/mol. The Morgan fingerprint density at radius 2 is 2.24 bits per heavy atom. The maximum absolute atomic E-state index is 11.8. The van der Waals surface area contributed by atoms with Crippen molar-refractivity contribution < 1.29 is 0 Å². The summed E-state index contributed by atoms with van der Waals surface area (Å²) >= 11 is 5.06. The summed E-state index contributed by atoms with van der Waals surface area (Å²) in [5.74, 6) is 0.414. The van der Waals surface area contributed by atoms with Gasteiger partial charge in [-0.1, -0.05) is 18.6 Å². The average Bonchev–Trinajstić information content (AvgIpc) is 2.29. The first-order valence-electron chi connectivity index (χ1n) is 6.12. The van der Waals surface area contributed by atoms with Gasteiger partial charge in [0.25, 0.3) is 5.56 Å². The van der Waals surface area contributed by atoms with Crippen LogP contribution in [0.5, 0.6) is 0 Å². The molecule has 1 heterocycles. The van der Waals surface area contributed by atoms with Crippen molar-refractivity contribution >= 4 is 12.2 Å². The maximum atomic E-state index is 11.8. The number of aromatic nitrogens is 2. The number of H-pyrrole nitrogens is 2. The summed E-state index contributed by atoms with van der Waals surface area (Å²) in [7, 11) is 0. The van der Waals surface area contributed by atoms with E-state index in [1.165, 1.54) is 5.57 Å². The first-order chi connectivity index (χ1) is 8.11. The highest BCUT2D eigenvalue weighted by atomic mass is 32.1. The molecular weight excluding hydrogens is 232 g/mol. The Hall–Kier alpha value is -1.16. The second kappa shape index (κ2) is 5.00. The number of hydrogen-bond acceptors (Lipinski definition) is 2. The van der Waals surface area contributed by atoms with Crippen LogP contribution in [0.25, 0.3) is 0 Å². The molecule has 0 bridgehead atoms. The van der Waals surface area contributed by atoms with Crippen molar-refractivity contribution in [2.75, 3.05) is 0 Å². The molecule has 92 valence electrons. The van der Waals surface area contributed by atoms with Gasteiger partial charge < -0.3 is 4.98 Å². The molecule has 1 aliphatic carbocycles. The number of rotatable bonds is 2. The molecule has 0 saturated heterocycles. The lowest BCUT2D eigenvalue weighted by molar-refractivity contribution is 0.575. The summed E-state index contributed by atoms with van der Waals surface area (Å²) in [5.41, 5.74) is 3.32. The van der Waals surface area contributed by atoms with E-state index in [9.17, 15) is 4.79 Å². The summed E-state index contributed by atoms with van der Waals surface area (Å²) in [6.45, 7) is 4.17. The van der Waals surface area contributed by atoms with E-state index >= 15 is 0 Å². The van der Waals surface area contributed by atoms with E-state index in [1.54, 1.807) is 0 Å². The summed E-state index contributed by atoms with van der Waals surface area (Å²) in [6.07, 6.45) is 6.24. The van der Waals surface area contributed by atoms with Crippen LogP contribution in [-0.4, -0.2) is 9.97 Å². The van der Waals surface area contributed by atoms with Crippen LogP contribution < -0.4 is 5.56 Å². The molecule has 1 aliphatic rings. The van der Waals surface area contributed by atoms with Crippen LogP contribution in [0.15, 0.2) is 16.4 Å². The van der Waals surface area contributed by atoms with Crippen LogP contribution in [0.2, 0.25) is 0 Å². The molecule has 0 spiro atoms. The van der Waals surface area contributed by atoms with Gasteiger partial charge in [-0.3, -0.25) is 9.78 Å². The van der Waals surface area contributed by atoms with Crippen LogP contribution in [0.1, 0.15) is 50.3 Å². The van der Waals surface area contributed by atoms with Gasteiger partial charge in [-0.2, -0.15) is 0 Å². The van der Waals surface area contributed by atoms with Crippen LogP contribution >= 0.6 is 12.2 Å². The third kappa shape index (κ3) is 2.57. The van der Waals surface area contributed by atoms with E-state index in [0.29, 0.717) is 10.7 Å². The summed E-state index contributed by atoms with van der Waals surface area (Å²) in [6, 6.07) is 0. The minimum Gasteiger partial charge on any atom is -0.335 e. The molecule has 1 unspecified atom stereocenters. The first-order valence-corrected chi connectivity index (χ1v) is 6.53. The van der Waals surface area contributed by atoms with E-state index in [2.05, 4.69) is 23.0 Å². The normalized spacial score (nSPS) is 20.1. The molecule has 0 aliphatic heterocycles. The highest BCUT2D eigenvalue weighted by Crippen LogP contribution is 2.31. The van der Waals surface area contributed by atoms with Crippen LogP contribution in [0.4, 0.5) is 0 Å². The Bertz CT molecular complexity index is 553. The molecule has 1 aromatic rings. The Labute approximate surface area is 106 Å². The fraction of sp³-hybridized carbons (Fsp3) is 0.538. The second-order valence-electron chi connectivity index (χ2n) is 4.68. The molecule has 3 nitrogen and oxygen atoms in total. The maximum Gasteiger partial charge on any atom is 0.255 e. The minimum absolute atomic E-state index is 0.0301. The zero-order chi connectivity index (χ0) is 12.4. The van der Waals surface area contributed by atoms with E-state index < -0.39 is 0 Å². The van der Waals surface area contributed by atoms with Gasteiger partial charge in [-0.15, -0.1) is 0 Å². The van der Waals surface area contributed by atoms with E-state index in [-0.39, 0.29) is 5.56 Å². The standard InChI is InChI=1S/C13H18N2OS/c1-3-10-11(14-13(17)15-12(10)16)9-6-4-8(2)5-7-9/h4,9H,3,5-7H2,1-2H3,(H2,14,15,16,17). The molecule has 0 amide bonds. The predicted octanol–water partition coefficient (Wildman–Crippen LogP) is 3.21. The van der Waals surface area contributed by atoms with Crippen LogP contribution in [0.3, 0.4) is 0 Å². The Balaban J connectivity index is 2.45. The number of hydrogen-bond donors (Lipinski definition) is 2.